The van der Waals surface area contributed by atoms with Gasteiger partial charge in [-0.25, -0.2) is 14.4 Å². The number of rotatable bonds is 8. The summed E-state index contributed by atoms with van der Waals surface area (Å²) in [7, 11) is 1.27. The summed E-state index contributed by atoms with van der Waals surface area (Å²) in [5.41, 5.74) is 8.06. The van der Waals surface area contributed by atoms with Crippen LogP contribution < -0.4 is 11.1 Å². The minimum absolute atomic E-state index is 0.122. The number of hydrogen-bond donors (Lipinski definition) is 3. The zero-order valence-electron chi connectivity index (χ0n) is 17.7. The minimum Gasteiger partial charge on any atom is -0.475 e. The molecule has 2 aromatic carbocycles. The lowest BCUT2D eigenvalue weighted by Crippen LogP contribution is -2.45. The number of carboxylic acids is 1. The zero-order chi connectivity index (χ0) is 24.9. The predicted molar refractivity (Wildman–Crippen MR) is 112 cm³/mol. The molecule has 0 spiro atoms. The SMILES string of the molecule is COC(=O)[C@H](C[C@@H](N)Cc1ccccc1)NC(=O)OCc1ccccc1.O=C(O)C(F)(F)F. The topological polar surface area (TPSA) is 128 Å². The molecule has 180 valence electrons. The molecule has 0 aliphatic carbocycles. The summed E-state index contributed by atoms with van der Waals surface area (Å²) in [6.45, 7) is 0.122. The highest BCUT2D eigenvalue weighted by Crippen LogP contribution is 2.13. The summed E-state index contributed by atoms with van der Waals surface area (Å²) < 4.78 is 41.7. The monoisotopic (exact) mass is 470 g/mol. The van der Waals surface area contributed by atoms with Crippen LogP contribution in [0.1, 0.15) is 17.5 Å². The van der Waals surface area contributed by atoms with E-state index in [0.717, 1.165) is 11.1 Å². The number of hydrogen-bond acceptors (Lipinski definition) is 6. The van der Waals surface area contributed by atoms with Gasteiger partial charge in [-0.3, -0.25) is 0 Å². The van der Waals surface area contributed by atoms with E-state index in [1.807, 2.05) is 60.7 Å². The summed E-state index contributed by atoms with van der Waals surface area (Å²) in [5.74, 6) is -3.31. The van der Waals surface area contributed by atoms with Gasteiger partial charge in [0, 0.05) is 6.04 Å². The maximum Gasteiger partial charge on any atom is 0.490 e. The molecule has 4 N–H and O–H groups in total. The van der Waals surface area contributed by atoms with Crippen molar-refractivity contribution in [3.63, 3.8) is 0 Å². The molecule has 0 bridgehead atoms. The van der Waals surface area contributed by atoms with Crippen molar-refractivity contribution >= 4 is 18.0 Å². The number of methoxy groups -OCH3 is 1. The van der Waals surface area contributed by atoms with E-state index < -0.39 is 30.2 Å². The Balaban J connectivity index is 0.000000675. The third kappa shape index (κ3) is 11.5. The van der Waals surface area contributed by atoms with Gasteiger partial charge in [0.2, 0.25) is 0 Å². The number of amides is 1. The second-order valence-electron chi connectivity index (χ2n) is 6.77. The predicted octanol–water partition coefficient (Wildman–Crippen LogP) is 3.05. The lowest BCUT2D eigenvalue weighted by molar-refractivity contribution is -0.192. The van der Waals surface area contributed by atoms with Crippen molar-refractivity contribution in [2.24, 2.45) is 5.73 Å². The quantitative estimate of drug-likeness (QED) is 0.506. The van der Waals surface area contributed by atoms with Gasteiger partial charge in [-0.2, -0.15) is 13.2 Å². The van der Waals surface area contributed by atoms with Gasteiger partial charge < -0.3 is 25.6 Å². The number of halogens is 3. The van der Waals surface area contributed by atoms with Crippen molar-refractivity contribution in [3.8, 4) is 0 Å². The first-order chi connectivity index (χ1) is 15.5. The molecule has 33 heavy (non-hydrogen) atoms. The van der Waals surface area contributed by atoms with E-state index in [9.17, 15) is 22.8 Å². The van der Waals surface area contributed by atoms with Crippen molar-refractivity contribution in [3.05, 3.63) is 71.8 Å². The number of benzene rings is 2. The first-order valence-electron chi connectivity index (χ1n) is 9.67. The van der Waals surface area contributed by atoms with E-state index >= 15 is 0 Å². The molecule has 0 aliphatic heterocycles. The van der Waals surface area contributed by atoms with Gasteiger partial charge in [0.05, 0.1) is 7.11 Å². The molecule has 1 amide bonds. The van der Waals surface area contributed by atoms with Crippen molar-refractivity contribution in [2.45, 2.75) is 37.7 Å². The van der Waals surface area contributed by atoms with Crippen LogP contribution in [-0.4, -0.2) is 48.5 Å². The maximum atomic E-state index is 12.0. The van der Waals surface area contributed by atoms with Crippen molar-refractivity contribution in [1.29, 1.82) is 0 Å². The van der Waals surface area contributed by atoms with Gasteiger partial charge in [-0.1, -0.05) is 60.7 Å². The lowest BCUT2D eigenvalue weighted by Gasteiger charge is -2.20. The maximum absolute atomic E-state index is 12.0. The van der Waals surface area contributed by atoms with E-state index in [4.69, 9.17) is 25.1 Å². The molecular formula is C22H25F3N2O6. The average Bonchev–Trinajstić information content (AvgIpc) is 2.78. The van der Waals surface area contributed by atoms with Crippen LogP contribution in [-0.2, 0) is 32.1 Å². The van der Waals surface area contributed by atoms with Crippen LogP contribution in [0.2, 0.25) is 0 Å². The molecule has 0 aliphatic rings. The Morgan fingerprint density at radius 3 is 1.94 bits per heavy atom. The van der Waals surface area contributed by atoms with Crippen LogP contribution in [0.5, 0.6) is 0 Å². The third-order valence-corrected chi connectivity index (χ3v) is 4.11. The number of carbonyl (C=O) groups excluding carboxylic acids is 2. The van der Waals surface area contributed by atoms with Gasteiger partial charge in [0.15, 0.2) is 0 Å². The van der Waals surface area contributed by atoms with Gasteiger partial charge in [-0.05, 0) is 24.0 Å². The summed E-state index contributed by atoms with van der Waals surface area (Å²) in [4.78, 5) is 32.9. The Morgan fingerprint density at radius 1 is 1.00 bits per heavy atom. The third-order valence-electron chi connectivity index (χ3n) is 4.11. The van der Waals surface area contributed by atoms with E-state index in [2.05, 4.69) is 5.32 Å². The fourth-order valence-electron chi connectivity index (χ4n) is 2.57. The van der Waals surface area contributed by atoms with Gasteiger partial charge in [-0.15, -0.1) is 0 Å². The van der Waals surface area contributed by atoms with Gasteiger partial charge in [0.25, 0.3) is 0 Å². The second kappa shape index (κ2) is 13.7. The summed E-state index contributed by atoms with van der Waals surface area (Å²) >= 11 is 0. The molecule has 2 aromatic rings. The molecular weight excluding hydrogens is 445 g/mol. The molecule has 0 saturated carbocycles. The number of carboxylic acid groups (broad SMARTS) is 1. The number of alkyl carbamates (subject to hydrolysis) is 1. The highest BCUT2D eigenvalue weighted by atomic mass is 19.4. The molecule has 0 saturated heterocycles. The zero-order valence-corrected chi connectivity index (χ0v) is 17.7. The van der Waals surface area contributed by atoms with Crippen molar-refractivity contribution in [2.75, 3.05) is 7.11 Å². The number of alkyl halides is 3. The number of carbonyl (C=O) groups is 3. The van der Waals surface area contributed by atoms with Crippen LogP contribution in [0.25, 0.3) is 0 Å². The number of esters is 1. The summed E-state index contributed by atoms with van der Waals surface area (Å²) in [5, 5.41) is 9.66. The Bertz CT molecular complexity index is 879. The largest absolute Gasteiger partial charge is 0.490 e. The fraction of sp³-hybridized carbons (Fsp3) is 0.318. The van der Waals surface area contributed by atoms with E-state index in [-0.39, 0.29) is 19.1 Å². The highest BCUT2D eigenvalue weighted by Gasteiger charge is 2.38. The van der Waals surface area contributed by atoms with Crippen molar-refractivity contribution < 1.29 is 42.1 Å². The molecule has 8 nitrogen and oxygen atoms in total. The van der Waals surface area contributed by atoms with Gasteiger partial charge >= 0.3 is 24.2 Å². The average molecular weight is 470 g/mol. The molecule has 0 fully saturated rings. The highest BCUT2D eigenvalue weighted by molar-refractivity contribution is 5.81. The van der Waals surface area contributed by atoms with Crippen LogP contribution >= 0.6 is 0 Å². The Morgan fingerprint density at radius 2 is 1.48 bits per heavy atom. The first kappa shape index (κ1) is 27.4. The van der Waals surface area contributed by atoms with Gasteiger partial charge in [0.1, 0.15) is 12.6 Å². The normalized spacial score (nSPS) is 12.4. The van der Waals surface area contributed by atoms with E-state index in [1.165, 1.54) is 7.11 Å². The number of nitrogens with one attached hydrogen (secondary N) is 1. The molecule has 11 heteroatoms. The minimum atomic E-state index is -5.08. The van der Waals surface area contributed by atoms with Crippen molar-refractivity contribution in [1.82, 2.24) is 5.32 Å². The fourth-order valence-corrected chi connectivity index (χ4v) is 2.57. The van der Waals surface area contributed by atoms with E-state index in [1.54, 1.807) is 0 Å². The second-order valence-corrected chi connectivity index (χ2v) is 6.77. The van der Waals surface area contributed by atoms with Crippen LogP contribution in [0.4, 0.5) is 18.0 Å². The molecule has 2 rings (SSSR count). The molecule has 0 aromatic heterocycles. The standard InChI is InChI=1S/C20H24N2O4.C2HF3O2/c1-25-19(23)18(13-17(21)12-15-8-4-2-5-9-15)22-20(24)26-14-16-10-6-3-7-11-16;3-2(4,5)1(6)7/h2-11,17-18H,12-14,21H2,1H3,(H,22,24);(H,6,7)/t17-,18-;/m0./s1. The summed E-state index contributed by atoms with van der Waals surface area (Å²) in [6.07, 6.45) is -4.92. The van der Waals surface area contributed by atoms with E-state index in [0.29, 0.717) is 6.42 Å². The summed E-state index contributed by atoms with van der Waals surface area (Å²) in [6, 6.07) is 17.8. The van der Waals surface area contributed by atoms with Crippen LogP contribution in [0.15, 0.2) is 60.7 Å². The lowest BCUT2D eigenvalue weighted by atomic mass is 10.0. The smallest absolute Gasteiger partial charge is 0.475 e. The number of ether oxygens (including phenoxy) is 2. The Hall–Kier alpha value is -3.60. The molecule has 0 unspecified atom stereocenters. The molecule has 2 atom stereocenters. The Labute approximate surface area is 188 Å². The van der Waals surface area contributed by atoms with Crippen LogP contribution in [0.3, 0.4) is 0 Å². The van der Waals surface area contributed by atoms with Crippen LogP contribution in [0, 0.1) is 0 Å². The molecule has 0 radical (unpaired) electrons. The number of nitrogens with two attached hydrogens (primary N) is 1. The first-order valence-corrected chi connectivity index (χ1v) is 9.67. The number of aliphatic carboxylic acids is 1. The Kier molecular flexibility index (Phi) is 11.4. The molecule has 0 heterocycles.